The molecule has 92 valence electrons. The third kappa shape index (κ3) is 1.69. The summed E-state index contributed by atoms with van der Waals surface area (Å²) in [6.45, 7) is 2.72. The summed E-state index contributed by atoms with van der Waals surface area (Å²) in [5.74, 6) is 0.405. The lowest BCUT2D eigenvalue weighted by atomic mass is 9.72. The second-order valence-electron chi connectivity index (χ2n) is 4.83. The van der Waals surface area contributed by atoms with Gasteiger partial charge in [0.15, 0.2) is 0 Å². The molecule has 1 saturated heterocycles. The smallest absolute Gasteiger partial charge is 0.252 e. The van der Waals surface area contributed by atoms with Crippen molar-refractivity contribution in [3.8, 4) is 0 Å². The molecule has 0 radical (unpaired) electrons. The Balaban J connectivity index is 1.68. The molecular formula is C12H16N2O2S. The molecule has 0 spiro atoms. The zero-order valence-corrected chi connectivity index (χ0v) is 10.5. The van der Waals surface area contributed by atoms with Crippen LogP contribution >= 0.6 is 11.3 Å². The normalized spacial score (nSPS) is 35.2. The van der Waals surface area contributed by atoms with Gasteiger partial charge in [-0.15, -0.1) is 0 Å². The summed E-state index contributed by atoms with van der Waals surface area (Å²) in [4.78, 5) is 12.0. The molecule has 1 aliphatic heterocycles. The summed E-state index contributed by atoms with van der Waals surface area (Å²) < 4.78 is 5.59. The van der Waals surface area contributed by atoms with E-state index in [4.69, 9.17) is 10.5 Å². The SMILES string of the molecule is Cc1cscc1C(=O)NC1C(N)C2CCOC21. The quantitative estimate of drug-likeness (QED) is 0.822. The first-order valence-corrected chi connectivity index (χ1v) is 6.83. The summed E-state index contributed by atoms with van der Waals surface area (Å²) in [5.41, 5.74) is 7.83. The molecule has 2 fully saturated rings. The molecule has 1 saturated carbocycles. The van der Waals surface area contributed by atoms with E-state index in [1.165, 1.54) is 0 Å². The van der Waals surface area contributed by atoms with Crippen LogP contribution in [-0.4, -0.2) is 30.7 Å². The zero-order valence-electron chi connectivity index (χ0n) is 9.68. The largest absolute Gasteiger partial charge is 0.376 e. The summed E-state index contributed by atoms with van der Waals surface area (Å²) in [7, 11) is 0. The van der Waals surface area contributed by atoms with Crippen molar-refractivity contribution in [2.24, 2.45) is 11.7 Å². The summed E-state index contributed by atoms with van der Waals surface area (Å²) in [5, 5.41) is 6.85. The molecule has 1 amide bonds. The highest BCUT2D eigenvalue weighted by atomic mass is 32.1. The average molecular weight is 252 g/mol. The molecule has 17 heavy (non-hydrogen) atoms. The molecule has 3 N–H and O–H groups in total. The van der Waals surface area contributed by atoms with E-state index in [9.17, 15) is 4.79 Å². The summed E-state index contributed by atoms with van der Waals surface area (Å²) >= 11 is 1.54. The lowest BCUT2D eigenvalue weighted by Crippen LogP contribution is -2.68. The van der Waals surface area contributed by atoms with Crippen LogP contribution in [0.2, 0.25) is 0 Å². The number of carbonyl (C=O) groups is 1. The number of aryl methyl sites for hydroxylation is 1. The lowest BCUT2D eigenvalue weighted by molar-refractivity contribution is -0.0161. The van der Waals surface area contributed by atoms with Crippen LogP contribution in [0.25, 0.3) is 0 Å². The first-order chi connectivity index (χ1) is 8.18. The summed E-state index contributed by atoms with van der Waals surface area (Å²) in [6, 6.07) is 0.0275. The van der Waals surface area contributed by atoms with E-state index in [0.717, 1.165) is 24.2 Å². The van der Waals surface area contributed by atoms with Gasteiger partial charge in [-0.1, -0.05) is 0 Å². The van der Waals surface area contributed by atoms with Crippen molar-refractivity contribution in [1.29, 1.82) is 0 Å². The van der Waals surface area contributed by atoms with Gasteiger partial charge >= 0.3 is 0 Å². The van der Waals surface area contributed by atoms with Crippen LogP contribution in [-0.2, 0) is 4.74 Å². The Kier molecular flexibility index (Phi) is 2.69. The van der Waals surface area contributed by atoms with Gasteiger partial charge in [-0.2, -0.15) is 11.3 Å². The maximum absolute atomic E-state index is 12.0. The highest BCUT2D eigenvalue weighted by molar-refractivity contribution is 7.08. The van der Waals surface area contributed by atoms with E-state index in [0.29, 0.717) is 5.92 Å². The van der Waals surface area contributed by atoms with Crippen molar-refractivity contribution >= 4 is 17.2 Å². The molecule has 2 aliphatic rings. The highest BCUT2D eigenvalue weighted by Gasteiger charge is 2.52. The van der Waals surface area contributed by atoms with Crippen LogP contribution < -0.4 is 11.1 Å². The maximum atomic E-state index is 12.0. The third-order valence-electron chi connectivity index (χ3n) is 3.84. The molecule has 1 aromatic heterocycles. The van der Waals surface area contributed by atoms with Gasteiger partial charge in [0.1, 0.15) is 0 Å². The lowest BCUT2D eigenvalue weighted by Gasteiger charge is -2.45. The van der Waals surface area contributed by atoms with E-state index in [-0.39, 0.29) is 24.1 Å². The van der Waals surface area contributed by atoms with Crippen LogP contribution in [0.1, 0.15) is 22.3 Å². The van der Waals surface area contributed by atoms with Gasteiger partial charge in [0.05, 0.1) is 17.7 Å². The molecule has 0 bridgehead atoms. The van der Waals surface area contributed by atoms with Crippen molar-refractivity contribution in [2.75, 3.05) is 6.61 Å². The predicted octanol–water partition coefficient (Wildman–Crippen LogP) is 0.901. The number of amides is 1. The number of rotatable bonds is 2. The Labute approximate surface area is 104 Å². The topological polar surface area (TPSA) is 64.4 Å². The van der Waals surface area contributed by atoms with E-state index >= 15 is 0 Å². The number of carbonyl (C=O) groups excluding carboxylic acids is 1. The third-order valence-corrected chi connectivity index (χ3v) is 4.71. The second kappa shape index (κ2) is 4.08. The number of ether oxygens (including phenoxy) is 1. The minimum absolute atomic E-state index is 0.0192. The first kappa shape index (κ1) is 11.2. The fraction of sp³-hybridized carbons (Fsp3) is 0.583. The van der Waals surface area contributed by atoms with Crippen molar-refractivity contribution < 1.29 is 9.53 Å². The van der Waals surface area contributed by atoms with Gasteiger partial charge in [0.2, 0.25) is 0 Å². The number of thiophene rings is 1. The van der Waals surface area contributed by atoms with Crippen molar-refractivity contribution in [1.82, 2.24) is 5.32 Å². The van der Waals surface area contributed by atoms with Gasteiger partial charge < -0.3 is 15.8 Å². The van der Waals surface area contributed by atoms with Crippen molar-refractivity contribution in [3.63, 3.8) is 0 Å². The summed E-state index contributed by atoms with van der Waals surface area (Å²) in [6.07, 6.45) is 1.16. The van der Waals surface area contributed by atoms with Gasteiger partial charge in [-0.25, -0.2) is 0 Å². The number of hydrogen-bond donors (Lipinski definition) is 2. The minimum atomic E-state index is -0.0295. The zero-order chi connectivity index (χ0) is 12.0. The Morgan fingerprint density at radius 2 is 2.41 bits per heavy atom. The van der Waals surface area contributed by atoms with Gasteiger partial charge in [0.25, 0.3) is 5.91 Å². The molecule has 3 rings (SSSR count). The van der Waals surface area contributed by atoms with Crippen molar-refractivity contribution in [2.45, 2.75) is 31.5 Å². The van der Waals surface area contributed by atoms with Crippen molar-refractivity contribution in [3.05, 3.63) is 21.9 Å². The molecule has 4 atom stereocenters. The molecule has 4 unspecified atom stereocenters. The van der Waals surface area contributed by atoms with E-state index in [1.807, 2.05) is 17.7 Å². The van der Waals surface area contributed by atoms with E-state index < -0.39 is 0 Å². The molecule has 0 aromatic carbocycles. The monoisotopic (exact) mass is 252 g/mol. The van der Waals surface area contributed by atoms with Crippen LogP contribution in [0.5, 0.6) is 0 Å². The molecule has 1 aliphatic carbocycles. The average Bonchev–Trinajstić information content (AvgIpc) is 2.91. The Morgan fingerprint density at radius 3 is 3.12 bits per heavy atom. The fourth-order valence-electron chi connectivity index (χ4n) is 2.75. The van der Waals surface area contributed by atoms with E-state index in [2.05, 4.69) is 5.32 Å². The Bertz CT molecular complexity index is 445. The number of fused-ring (bicyclic) bond motifs is 1. The van der Waals surface area contributed by atoms with Crippen LogP contribution in [0.15, 0.2) is 10.8 Å². The van der Waals surface area contributed by atoms with Crippen LogP contribution in [0, 0.1) is 12.8 Å². The van der Waals surface area contributed by atoms with Crippen LogP contribution in [0.3, 0.4) is 0 Å². The minimum Gasteiger partial charge on any atom is -0.376 e. The van der Waals surface area contributed by atoms with E-state index in [1.54, 1.807) is 11.3 Å². The first-order valence-electron chi connectivity index (χ1n) is 5.89. The predicted molar refractivity (Wildman–Crippen MR) is 66.1 cm³/mol. The fourth-order valence-corrected chi connectivity index (χ4v) is 3.58. The van der Waals surface area contributed by atoms with Gasteiger partial charge in [-0.3, -0.25) is 4.79 Å². The molecule has 1 aromatic rings. The molecular weight excluding hydrogens is 236 g/mol. The van der Waals surface area contributed by atoms with Gasteiger partial charge in [-0.05, 0) is 24.3 Å². The molecule has 5 heteroatoms. The number of nitrogens with two attached hydrogens (primary N) is 1. The number of hydrogen-bond acceptors (Lipinski definition) is 4. The highest BCUT2D eigenvalue weighted by Crippen LogP contribution is 2.37. The standard InChI is InChI=1S/C12H16N2O2S/c1-6-4-17-5-8(6)12(15)14-10-9(13)7-2-3-16-11(7)10/h4-5,7,9-11H,2-3,13H2,1H3,(H,14,15). The van der Waals surface area contributed by atoms with Crippen LogP contribution in [0.4, 0.5) is 0 Å². The van der Waals surface area contributed by atoms with Gasteiger partial charge in [0, 0.05) is 23.9 Å². The number of nitrogens with one attached hydrogen (secondary N) is 1. The Morgan fingerprint density at radius 1 is 1.59 bits per heavy atom. The Hall–Kier alpha value is -0.910. The molecule has 4 nitrogen and oxygen atoms in total. The second-order valence-corrected chi connectivity index (χ2v) is 5.58. The maximum Gasteiger partial charge on any atom is 0.252 e. The molecule has 2 heterocycles.